The monoisotopic (exact) mass is 272 g/mol. The zero-order chi connectivity index (χ0) is 14.8. The molecule has 1 heterocycles. The molecule has 0 saturated carbocycles. The maximum absolute atomic E-state index is 11.9. The molecule has 106 valence electrons. The first-order valence-corrected chi connectivity index (χ1v) is 6.61. The number of H-pyrrole nitrogens is 1. The minimum atomic E-state index is -0.369. The van der Waals surface area contributed by atoms with Gasteiger partial charge in [-0.1, -0.05) is 51.1 Å². The van der Waals surface area contributed by atoms with Crippen LogP contribution in [0.15, 0.2) is 41.2 Å². The van der Waals surface area contributed by atoms with Crippen molar-refractivity contribution in [3.8, 4) is 0 Å². The van der Waals surface area contributed by atoms with Crippen molar-refractivity contribution in [1.29, 1.82) is 0 Å². The third-order valence-corrected chi connectivity index (χ3v) is 3.11. The molecule has 20 heavy (non-hydrogen) atoms. The average Bonchev–Trinajstić information content (AvgIpc) is 2.39. The summed E-state index contributed by atoms with van der Waals surface area (Å²) in [6.07, 6.45) is -0.369. The summed E-state index contributed by atoms with van der Waals surface area (Å²) >= 11 is 0. The summed E-state index contributed by atoms with van der Waals surface area (Å²) in [5.41, 5.74) is 1.38. The summed E-state index contributed by atoms with van der Waals surface area (Å²) in [6.45, 7) is 6.09. The molecular weight excluding hydrogens is 252 g/mol. The lowest BCUT2D eigenvalue weighted by Gasteiger charge is -2.20. The summed E-state index contributed by atoms with van der Waals surface area (Å²) in [4.78, 5) is 19.2. The van der Waals surface area contributed by atoms with Crippen molar-refractivity contribution in [3.63, 3.8) is 0 Å². The van der Waals surface area contributed by atoms with Gasteiger partial charge >= 0.3 is 0 Å². The van der Waals surface area contributed by atoms with E-state index in [-0.39, 0.29) is 17.1 Å². The van der Waals surface area contributed by atoms with E-state index in [2.05, 4.69) is 9.97 Å². The molecule has 2 aromatic rings. The molecule has 0 saturated heterocycles. The Hall–Kier alpha value is -1.94. The molecule has 0 bridgehead atoms. The smallest absolute Gasteiger partial charge is 0.251 e. The molecule has 0 aliphatic carbocycles. The van der Waals surface area contributed by atoms with Crippen LogP contribution < -0.4 is 5.56 Å². The normalized spacial score (nSPS) is 13.2. The van der Waals surface area contributed by atoms with Gasteiger partial charge in [0.25, 0.3) is 5.56 Å². The Morgan fingerprint density at radius 3 is 2.40 bits per heavy atom. The van der Waals surface area contributed by atoms with Gasteiger partial charge in [-0.2, -0.15) is 0 Å². The Bertz CT molecular complexity index is 627. The number of hydrogen-bond donors (Lipinski definition) is 1. The van der Waals surface area contributed by atoms with Crippen LogP contribution in [0.1, 0.15) is 44.0 Å². The number of benzene rings is 1. The number of methoxy groups -OCH3 is 1. The molecule has 0 spiro atoms. The summed E-state index contributed by atoms with van der Waals surface area (Å²) in [5.74, 6) is 0.538. The topological polar surface area (TPSA) is 55.0 Å². The van der Waals surface area contributed by atoms with Crippen molar-refractivity contribution in [2.75, 3.05) is 7.11 Å². The van der Waals surface area contributed by atoms with E-state index in [9.17, 15) is 4.79 Å². The van der Waals surface area contributed by atoms with Crippen LogP contribution in [-0.4, -0.2) is 17.1 Å². The van der Waals surface area contributed by atoms with E-state index >= 15 is 0 Å². The van der Waals surface area contributed by atoms with Crippen molar-refractivity contribution < 1.29 is 4.74 Å². The molecule has 1 aromatic carbocycles. The lowest BCUT2D eigenvalue weighted by Crippen LogP contribution is -2.23. The molecule has 0 aliphatic heterocycles. The second-order valence-corrected chi connectivity index (χ2v) is 5.79. The van der Waals surface area contributed by atoms with E-state index in [4.69, 9.17) is 4.74 Å². The molecular formula is C16H20N2O2. The first-order chi connectivity index (χ1) is 9.41. The van der Waals surface area contributed by atoms with Crippen LogP contribution in [0.4, 0.5) is 0 Å². The quantitative estimate of drug-likeness (QED) is 0.934. The highest BCUT2D eigenvalue weighted by molar-refractivity contribution is 5.24. The molecule has 2 rings (SSSR count). The lowest BCUT2D eigenvalue weighted by atomic mass is 9.92. The number of nitrogens with one attached hydrogen (secondary N) is 1. The van der Waals surface area contributed by atoms with Crippen molar-refractivity contribution in [2.45, 2.75) is 32.3 Å². The fraction of sp³-hybridized carbons (Fsp3) is 0.375. The van der Waals surface area contributed by atoms with Crippen LogP contribution >= 0.6 is 0 Å². The average molecular weight is 272 g/mol. The second kappa shape index (κ2) is 5.59. The van der Waals surface area contributed by atoms with Gasteiger partial charge in [-0.15, -0.1) is 0 Å². The van der Waals surface area contributed by atoms with Crippen LogP contribution in [0.3, 0.4) is 0 Å². The van der Waals surface area contributed by atoms with Gasteiger partial charge in [-0.25, -0.2) is 4.98 Å². The van der Waals surface area contributed by atoms with Gasteiger partial charge in [0.15, 0.2) is 0 Å². The Morgan fingerprint density at radius 2 is 1.85 bits per heavy atom. The van der Waals surface area contributed by atoms with E-state index in [1.54, 1.807) is 13.2 Å². The van der Waals surface area contributed by atoms with Crippen molar-refractivity contribution >= 4 is 0 Å². The molecule has 1 atom stereocenters. The second-order valence-electron chi connectivity index (χ2n) is 5.79. The number of aromatic nitrogens is 2. The third kappa shape index (κ3) is 3.14. The highest BCUT2D eigenvalue weighted by atomic mass is 16.5. The Kier molecular flexibility index (Phi) is 4.04. The van der Waals surface area contributed by atoms with E-state index in [1.807, 2.05) is 51.1 Å². The summed E-state index contributed by atoms with van der Waals surface area (Å²) in [7, 11) is 1.61. The van der Waals surface area contributed by atoms with Gasteiger partial charge in [0.2, 0.25) is 0 Å². The molecule has 0 amide bonds. The summed E-state index contributed by atoms with van der Waals surface area (Å²) < 4.78 is 5.51. The predicted octanol–water partition coefficient (Wildman–Crippen LogP) is 2.80. The minimum absolute atomic E-state index is 0.155. The SMILES string of the molecule is COC(c1ccccc1)c1nc(C(C)(C)C)cc(=O)[nH]1. The molecule has 1 unspecified atom stereocenters. The number of rotatable bonds is 3. The highest BCUT2D eigenvalue weighted by Gasteiger charge is 2.21. The molecule has 0 fully saturated rings. The number of aromatic amines is 1. The highest BCUT2D eigenvalue weighted by Crippen LogP contribution is 2.24. The molecule has 4 nitrogen and oxygen atoms in total. The Morgan fingerprint density at radius 1 is 1.20 bits per heavy atom. The molecule has 1 aromatic heterocycles. The minimum Gasteiger partial charge on any atom is -0.369 e. The Labute approximate surface area is 118 Å². The van der Waals surface area contributed by atoms with Gasteiger partial charge in [0.1, 0.15) is 11.9 Å². The van der Waals surface area contributed by atoms with Crippen LogP contribution in [-0.2, 0) is 10.2 Å². The first-order valence-electron chi connectivity index (χ1n) is 6.61. The summed E-state index contributed by atoms with van der Waals surface area (Å²) in [6, 6.07) is 11.3. The van der Waals surface area contributed by atoms with E-state index in [0.717, 1.165) is 11.3 Å². The van der Waals surface area contributed by atoms with E-state index in [0.29, 0.717) is 5.82 Å². The zero-order valence-electron chi connectivity index (χ0n) is 12.3. The molecule has 4 heteroatoms. The number of nitrogens with zero attached hydrogens (tertiary/aromatic N) is 1. The fourth-order valence-electron chi connectivity index (χ4n) is 2.02. The predicted molar refractivity (Wildman–Crippen MR) is 78.9 cm³/mol. The van der Waals surface area contributed by atoms with Gasteiger partial charge in [-0.05, 0) is 5.56 Å². The molecule has 1 N–H and O–H groups in total. The van der Waals surface area contributed by atoms with Gasteiger partial charge in [-0.3, -0.25) is 4.79 Å². The van der Waals surface area contributed by atoms with Crippen molar-refractivity contribution in [1.82, 2.24) is 9.97 Å². The largest absolute Gasteiger partial charge is 0.369 e. The van der Waals surface area contributed by atoms with Crippen LogP contribution in [0.5, 0.6) is 0 Å². The first kappa shape index (κ1) is 14.5. The van der Waals surface area contributed by atoms with Crippen molar-refractivity contribution in [3.05, 3.63) is 63.8 Å². The maximum Gasteiger partial charge on any atom is 0.251 e. The van der Waals surface area contributed by atoms with Gasteiger partial charge < -0.3 is 9.72 Å². The van der Waals surface area contributed by atoms with Crippen LogP contribution in [0, 0.1) is 0 Å². The third-order valence-electron chi connectivity index (χ3n) is 3.11. The summed E-state index contributed by atoms with van der Waals surface area (Å²) in [5, 5.41) is 0. The standard InChI is InChI=1S/C16H20N2O2/c1-16(2,3)12-10-13(19)18-15(17-12)14(20-4)11-8-6-5-7-9-11/h5-10,14H,1-4H3,(H,17,18,19). The maximum atomic E-state index is 11.9. The molecule has 0 radical (unpaired) electrons. The fourth-order valence-corrected chi connectivity index (χ4v) is 2.02. The number of ether oxygens (including phenoxy) is 1. The van der Waals surface area contributed by atoms with E-state index in [1.165, 1.54) is 0 Å². The van der Waals surface area contributed by atoms with Crippen LogP contribution in [0.2, 0.25) is 0 Å². The zero-order valence-corrected chi connectivity index (χ0v) is 12.3. The number of hydrogen-bond acceptors (Lipinski definition) is 3. The van der Waals surface area contributed by atoms with Gasteiger partial charge in [0, 0.05) is 18.6 Å². The van der Waals surface area contributed by atoms with Crippen LogP contribution in [0.25, 0.3) is 0 Å². The van der Waals surface area contributed by atoms with Crippen molar-refractivity contribution in [2.24, 2.45) is 0 Å². The Balaban J connectivity index is 2.51. The van der Waals surface area contributed by atoms with E-state index < -0.39 is 0 Å². The molecule has 0 aliphatic rings. The van der Waals surface area contributed by atoms with Gasteiger partial charge in [0.05, 0.1) is 5.69 Å². The lowest BCUT2D eigenvalue weighted by molar-refractivity contribution is 0.128.